The van der Waals surface area contributed by atoms with Crippen molar-refractivity contribution in [1.29, 1.82) is 0 Å². The van der Waals surface area contributed by atoms with Gasteiger partial charge in [-0.05, 0) is 43.2 Å². The lowest BCUT2D eigenvalue weighted by atomic mass is 10.1. The lowest BCUT2D eigenvalue weighted by molar-refractivity contribution is 0.634. The molecule has 2 nitrogen and oxygen atoms in total. The maximum atomic E-state index is 6.11. The summed E-state index contributed by atoms with van der Waals surface area (Å²) >= 11 is 12.1. The zero-order valence-corrected chi connectivity index (χ0v) is 13.5. The van der Waals surface area contributed by atoms with Gasteiger partial charge in [0.2, 0.25) is 0 Å². The average molecular weight is 319 g/mol. The van der Waals surface area contributed by atoms with Crippen LogP contribution in [-0.4, -0.2) is 9.55 Å². The van der Waals surface area contributed by atoms with Crippen molar-refractivity contribution in [3.05, 3.63) is 64.4 Å². The number of fused-ring (bicyclic) bond motifs is 1. The summed E-state index contributed by atoms with van der Waals surface area (Å²) in [5.41, 5.74) is 4.49. The van der Waals surface area contributed by atoms with E-state index in [9.17, 15) is 0 Å². The highest BCUT2D eigenvalue weighted by Gasteiger charge is 2.17. The van der Waals surface area contributed by atoms with Gasteiger partial charge in [-0.2, -0.15) is 0 Å². The van der Waals surface area contributed by atoms with Crippen LogP contribution in [0, 0.1) is 6.92 Å². The number of benzene rings is 2. The number of aryl methyl sites for hydroxylation is 1. The molecule has 0 aliphatic carbocycles. The molecule has 4 heteroatoms. The summed E-state index contributed by atoms with van der Waals surface area (Å²) in [6, 6.07) is 14.3. The van der Waals surface area contributed by atoms with Crippen LogP contribution in [0.4, 0.5) is 0 Å². The monoisotopic (exact) mass is 318 g/mol. The standard InChI is InChI=1S/C17H16Cl2N2/c1-11-4-3-5-15-17(11)20-16(10-18)21(15)12(2)13-6-8-14(19)9-7-13/h3-9,12H,10H2,1-2H3. The van der Waals surface area contributed by atoms with Gasteiger partial charge in [0, 0.05) is 5.02 Å². The maximum Gasteiger partial charge on any atom is 0.125 e. The van der Waals surface area contributed by atoms with Crippen molar-refractivity contribution in [2.75, 3.05) is 0 Å². The normalized spacial score (nSPS) is 12.8. The Hall–Kier alpha value is -1.51. The van der Waals surface area contributed by atoms with Crippen molar-refractivity contribution < 1.29 is 0 Å². The van der Waals surface area contributed by atoms with Crippen molar-refractivity contribution in [3.63, 3.8) is 0 Å². The number of hydrogen-bond donors (Lipinski definition) is 0. The van der Waals surface area contributed by atoms with E-state index in [1.165, 1.54) is 11.1 Å². The topological polar surface area (TPSA) is 17.8 Å². The molecule has 21 heavy (non-hydrogen) atoms. The van der Waals surface area contributed by atoms with Gasteiger partial charge in [-0.3, -0.25) is 0 Å². The molecule has 108 valence electrons. The molecule has 3 rings (SSSR count). The zero-order chi connectivity index (χ0) is 15.0. The highest BCUT2D eigenvalue weighted by atomic mass is 35.5. The van der Waals surface area contributed by atoms with Crippen LogP contribution in [0.25, 0.3) is 11.0 Å². The maximum absolute atomic E-state index is 6.11. The Balaban J connectivity index is 2.18. The van der Waals surface area contributed by atoms with E-state index < -0.39 is 0 Å². The molecule has 0 radical (unpaired) electrons. The van der Waals surface area contributed by atoms with Gasteiger partial charge in [-0.25, -0.2) is 4.98 Å². The first-order chi connectivity index (χ1) is 10.1. The van der Waals surface area contributed by atoms with Gasteiger partial charge >= 0.3 is 0 Å². The second-order valence-corrected chi connectivity index (χ2v) is 5.91. The van der Waals surface area contributed by atoms with Crippen molar-refractivity contribution in [2.45, 2.75) is 25.8 Å². The van der Waals surface area contributed by atoms with Crippen molar-refractivity contribution >= 4 is 34.2 Å². The van der Waals surface area contributed by atoms with Gasteiger partial charge in [-0.1, -0.05) is 35.9 Å². The van der Waals surface area contributed by atoms with Gasteiger partial charge in [0.05, 0.1) is 23.0 Å². The molecular weight excluding hydrogens is 303 g/mol. The van der Waals surface area contributed by atoms with E-state index in [4.69, 9.17) is 28.2 Å². The third-order valence-corrected chi connectivity index (χ3v) is 4.35. The summed E-state index contributed by atoms with van der Waals surface area (Å²) in [6.07, 6.45) is 0. The molecule has 0 spiro atoms. The van der Waals surface area contributed by atoms with Gasteiger partial charge in [-0.15, -0.1) is 11.6 Å². The molecule has 0 saturated heterocycles. The lowest BCUT2D eigenvalue weighted by Crippen LogP contribution is -2.09. The van der Waals surface area contributed by atoms with Gasteiger partial charge in [0.15, 0.2) is 0 Å². The molecule has 1 unspecified atom stereocenters. The van der Waals surface area contributed by atoms with Crippen molar-refractivity contribution in [2.24, 2.45) is 0 Å². The summed E-state index contributed by atoms with van der Waals surface area (Å²) in [5.74, 6) is 1.29. The minimum absolute atomic E-state index is 0.155. The van der Waals surface area contributed by atoms with Crippen LogP contribution in [0.15, 0.2) is 42.5 Å². The highest BCUT2D eigenvalue weighted by Crippen LogP contribution is 2.28. The number of alkyl halides is 1. The minimum atomic E-state index is 0.155. The Labute approximate surface area is 134 Å². The number of halogens is 2. The summed E-state index contributed by atoms with van der Waals surface area (Å²) in [5, 5.41) is 0.745. The largest absolute Gasteiger partial charge is 0.320 e. The number of para-hydroxylation sites is 1. The smallest absolute Gasteiger partial charge is 0.125 e. The third-order valence-electron chi connectivity index (χ3n) is 3.85. The van der Waals surface area contributed by atoms with E-state index in [2.05, 4.69) is 36.6 Å². The number of hydrogen-bond acceptors (Lipinski definition) is 1. The van der Waals surface area contributed by atoms with Crippen molar-refractivity contribution in [3.8, 4) is 0 Å². The van der Waals surface area contributed by atoms with Crippen LogP contribution < -0.4 is 0 Å². The van der Waals surface area contributed by atoms with E-state index in [-0.39, 0.29) is 6.04 Å². The first-order valence-corrected chi connectivity index (χ1v) is 7.81. The molecule has 1 atom stereocenters. The van der Waals surface area contributed by atoms with E-state index in [0.29, 0.717) is 5.88 Å². The fourth-order valence-electron chi connectivity index (χ4n) is 2.72. The Morgan fingerprint density at radius 1 is 1.14 bits per heavy atom. The Bertz CT molecular complexity index is 775. The van der Waals surface area contributed by atoms with Crippen LogP contribution in [0.5, 0.6) is 0 Å². The summed E-state index contributed by atoms with van der Waals surface area (Å²) in [4.78, 5) is 4.70. The molecule has 0 N–H and O–H groups in total. The summed E-state index contributed by atoms with van der Waals surface area (Å²) < 4.78 is 2.21. The highest BCUT2D eigenvalue weighted by molar-refractivity contribution is 6.30. The SMILES string of the molecule is Cc1cccc2c1nc(CCl)n2C(C)c1ccc(Cl)cc1. The minimum Gasteiger partial charge on any atom is -0.320 e. The summed E-state index contributed by atoms with van der Waals surface area (Å²) in [6.45, 7) is 4.23. The molecular formula is C17H16Cl2N2. The number of aromatic nitrogens is 2. The molecule has 0 aliphatic heterocycles. The third kappa shape index (κ3) is 2.54. The van der Waals surface area contributed by atoms with Crippen LogP contribution >= 0.6 is 23.2 Å². The molecule has 0 fully saturated rings. The van der Waals surface area contributed by atoms with Gasteiger partial charge < -0.3 is 4.57 Å². The molecule has 1 heterocycles. The number of imidazole rings is 1. The molecule has 2 aromatic carbocycles. The fourth-order valence-corrected chi connectivity index (χ4v) is 3.04. The van der Waals surface area contributed by atoms with E-state index in [1.807, 2.05) is 24.3 Å². The molecule has 0 bridgehead atoms. The summed E-state index contributed by atoms with van der Waals surface area (Å²) in [7, 11) is 0. The molecule has 0 amide bonds. The molecule has 0 saturated carbocycles. The van der Waals surface area contributed by atoms with E-state index in [1.54, 1.807) is 0 Å². The van der Waals surface area contributed by atoms with Crippen LogP contribution in [-0.2, 0) is 5.88 Å². The second kappa shape index (κ2) is 5.70. The molecule has 1 aromatic heterocycles. The average Bonchev–Trinajstić information content (AvgIpc) is 2.87. The van der Waals surface area contributed by atoms with Crippen LogP contribution in [0.3, 0.4) is 0 Å². The second-order valence-electron chi connectivity index (χ2n) is 5.20. The number of rotatable bonds is 3. The first-order valence-electron chi connectivity index (χ1n) is 6.89. The van der Waals surface area contributed by atoms with E-state index >= 15 is 0 Å². The fraction of sp³-hybridized carbons (Fsp3) is 0.235. The van der Waals surface area contributed by atoms with Crippen LogP contribution in [0.2, 0.25) is 5.02 Å². The quantitative estimate of drug-likeness (QED) is 0.595. The predicted molar refractivity (Wildman–Crippen MR) is 89.3 cm³/mol. The van der Waals surface area contributed by atoms with Crippen molar-refractivity contribution in [1.82, 2.24) is 9.55 Å². The zero-order valence-electron chi connectivity index (χ0n) is 12.0. The number of nitrogens with zero attached hydrogens (tertiary/aromatic N) is 2. The predicted octanol–water partition coefficient (Wildman–Crippen LogP) is 5.35. The van der Waals surface area contributed by atoms with Crippen LogP contribution in [0.1, 0.15) is 29.9 Å². The first kappa shape index (κ1) is 14.4. The van der Waals surface area contributed by atoms with E-state index in [0.717, 1.165) is 21.9 Å². The van der Waals surface area contributed by atoms with Gasteiger partial charge in [0.1, 0.15) is 5.82 Å². The Morgan fingerprint density at radius 2 is 1.86 bits per heavy atom. The molecule has 3 aromatic rings. The Kier molecular flexibility index (Phi) is 3.92. The van der Waals surface area contributed by atoms with Gasteiger partial charge in [0.25, 0.3) is 0 Å². The molecule has 0 aliphatic rings. The lowest BCUT2D eigenvalue weighted by Gasteiger charge is -2.17. The Morgan fingerprint density at radius 3 is 2.52 bits per heavy atom.